The summed E-state index contributed by atoms with van der Waals surface area (Å²) in [5.41, 5.74) is 4.26. The summed E-state index contributed by atoms with van der Waals surface area (Å²) >= 11 is 0. The molecule has 1 nitrogen and oxygen atoms in total. The molecule has 1 aromatic rings. The summed E-state index contributed by atoms with van der Waals surface area (Å²) in [6, 6.07) is 7.53. The van der Waals surface area contributed by atoms with Gasteiger partial charge in [-0.1, -0.05) is 61.9 Å². The van der Waals surface area contributed by atoms with E-state index in [0.29, 0.717) is 6.04 Å². The molecular formula is C18H29N. The van der Waals surface area contributed by atoms with E-state index in [-0.39, 0.29) is 0 Å². The zero-order chi connectivity index (χ0) is 13.7. The number of rotatable bonds is 6. The SMILES string of the molecule is CCNC(CCC1CCCC1)c1cc(C)cc(C)c1. The van der Waals surface area contributed by atoms with Crippen molar-refractivity contribution in [1.29, 1.82) is 0 Å². The lowest BCUT2D eigenvalue weighted by Gasteiger charge is -2.21. The normalized spacial score (nSPS) is 17.8. The number of hydrogen-bond acceptors (Lipinski definition) is 1. The first kappa shape index (κ1) is 14.6. The van der Waals surface area contributed by atoms with Crippen molar-refractivity contribution < 1.29 is 0 Å². The summed E-state index contributed by atoms with van der Waals surface area (Å²) in [4.78, 5) is 0. The predicted molar refractivity (Wildman–Crippen MR) is 83.5 cm³/mol. The second kappa shape index (κ2) is 7.09. The molecule has 0 saturated heterocycles. The smallest absolute Gasteiger partial charge is 0.0320 e. The molecule has 1 saturated carbocycles. The highest BCUT2D eigenvalue weighted by Crippen LogP contribution is 2.31. The Morgan fingerprint density at radius 3 is 2.32 bits per heavy atom. The molecule has 1 aliphatic carbocycles. The van der Waals surface area contributed by atoms with Crippen LogP contribution in [0.1, 0.15) is 68.2 Å². The van der Waals surface area contributed by atoms with Crippen LogP contribution in [0.15, 0.2) is 18.2 Å². The summed E-state index contributed by atoms with van der Waals surface area (Å²) in [6.45, 7) is 7.68. The van der Waals surface area contributed by atoms with Crippen LogP contribution in [-0.4, -0.2) is 6.54 Å². The number of benzene rings is 1. The van der Waals surface area contributed by atoms with E-state index in [0.717, 1.165) is 12.5 Å². The van der Waals surface area contributed by atoms with Crippen molar-refractivity contribution in [3.63, 3.8) is 0 Å². The van der Waals surface area contributed by atoms with Crippen LogP contribution in [0.2, 0.25) is 0 Å². The van der Waals surface area contributed by atoms with Gasteiger partial charge >= 0.3 is 0 Å². The van der Waals surface area contributed by atoms with Crippen LogP contribution in [0.5, 0.6) is 0 Å². The van der Waals surface area contributed by atoms with E-state index in [2.05, 4.69) is 44.3 Å². The van der Waals surface area contributed by atoms with Gasteiger partial charge in [-0.2, -0.15) is 0 Å². The molecule has 0 radical (unpaired) electrons. The molecule has 1 atom stereocenters. The van der Waals surface area contributed by atoms with E-state index in [1.807, 2.05) is 0 Å². The average molecular weight is 259 g/mol. The van der Waals surface area contributed by atoms with Crippen molar-refractivity contribution in [2.75, 3.05) is 6.54 Å². The lowest BCUT2D eigenvalue weighted by molar-refractivity contribution is 0.416. The fraction of sp³-hybridized carbons (Fsp3) is 0.667. The highest BCUT2D eigenvalue weighted by atomic mass is 14.9. The van der Waals surface area contributed by atoms with Gasteiger partial charge in [0.1, 0.15) is 0 Å². The van der Waals surface area contributed by atoms with Gasteiger partial charge in [0.25, 0.3) is 0 Å². The van der Waals surface area contributed by atoms with E-state index in [4.69, 9.17) is 0 Å². The van der Waals surface area contributed by atoms with E-state index < -0.39 is 0 Å². The monoisotopic (exact) mass is 259 g/mol. The van der Waals surface area contributed by atoms with Crippen LogP contribution in [0, 0.1) is 19.8 Å². The fourth-order valence-electron chi connectivity index (χ4n) is 3.55. The lowest BCUT2D eigenvalue weighted by atomic mass is 9.93. The molecule has 1 fully saturated rings. The van der Waals surface area contributed by atoms with Crippen molar-refractivity contribution >= 4 is 0 Å². The van der Waals surface area contributed by atoms with Crippen molar-refractivity contribution in [1.82, 2.24) is 5.32 Å². The Bertz CT molecular complexity index is 370. The first-order valence-electron chi connectivity index (χ1n) is 8.00. The predicted octanol–water partition coefficient (Wildman–Crippen LogP) is 4.92. The van der Waals surface area contributed by atoms with E-state index in [9.17, 15) is 0 Å². The molecule has 0 aromatic heterocycles. The minimum atomic E-state index is 0.546. The molecule has 0 spiro atoms. The summed E-state index contributed by atoms with van der Waals surface area (Å²) in [5, 5.41) is 3.68. The second-order valence-corrected chi connectivity index (χ2v) is 6.26. The first-order chi connectivity index (χ1) is 9.19. The number of nitrogens with one attached hydrogen (secondary N) is 1. The second-order valence-electron chi connectivity index (χ2n) is 6.26. The van der Waals surface area contributed by atoms with Gasteiger partial charge in [0, 0.05) is 6.04 Å². The van der Waals surface area contributed by atoms with Crippen molar-refractivity contribution in [3.05, 3.63) is 34.9 Å². The standard InChI is InChI=1S/C18H29N/c1-4-19-18(10-9-16-7-5-6-8-16)17-12-14(2)11-15(3)13-17/h11-13,16,18-19H,4-10H2,1-3H3. The Labute approximate surface area is 118 Å². The Morgan fingerprint density at radius 1 is 1.11 bits per heavy atom. The van der Waals surface area contributed by atoms with Gasteiger partial charge in [0.2, 0.25) is 0 Å². The van der Waals surface area contributed by atoms with Crippen LogP contribution in [-0.2, 0) is 0 Å². The van der Waals surface area contributed by atoms with Crippen LogP contribution in [0.3, 0.4) is 0 Å². The Kier molecular flexibility index (Phi) is 5.45. The highest BCUT2D eigenvalue weighted by molar-refractivity contribution is 5.30. The Morgan fingerprint density at radius 2 is 1.74 bits per heavy atom. The van der Waals surface area contributed by atoms with Gasteiger partial charge < -0.3 is 5.32 Å². The molecule has 1 unspecified atom stereocenters. The summed E-state index contributed by atoms with van der Waals surface area (Å²) in [5.74, 6) is 0.993. The molecule has 1 N–H and O–H groups in total. The topological polar surface area (TPSA) is 12.0 Å². The van der Waals surface area contributed by atoms with Crippen LogP contribution in [0.4, 0.5) is 0 Å². The molecule has 106 valence electrons. The van der Waals surface area contributed by atoms with E-state index in [1.54, 1.807) is 0 Å². The quantitative estimate of drug-likeness (QED) is 0.764. The van der Waals surface area contributed by atoms with Gasteiger partial charge in [-0.05, 0) is 44.7 Å². The number of aryl methyl sites for hydroxylation is 2. The molecular weight excluding hydrogens is 230 g/mol. The largest absolute Gasteiger partial charge is 0.310 e. The molecule has 0 amide bonds. The highest BCUT2D eigenvalue weighted by Gasteiger charge is 2.18. The van der Waals surface area contributed by atoms with E-state index in [1.165, 1.54) is 55.2 Å². The molecule has 2 rings (SSSR count). The van der Waals surface area contributed by atoms with Gasteiger partial charge in [-0.15, -0.1) is 0 Å². The summed E-state index contributed by atoms with van der Waals surface area (Å²) < 4.78 is 0. The van der Waals surface area contributed by atoms with Crippen LogP contribution >= 0.6 is 0 Å². The van der Waals surface area contributed by atoms with Crippen LogP contribution < -0.4 is 5.32 Å². The third-order valence-electron chi connectivity index (χ3n) is 4.44. The molecule has 0 aliphatic heterocycles. The van der Waals surface area contributed by atoms with Gasteiger partial charge in [-0.25, -0.2) is 0 Å². The maximum atomic E-state index is 3.68. The fourth-order valence-corrected chi connectivity index (χ4v) is 3.55. The molecule has 1 aliphatic rings. The maximum absolute atomic E-state index is 3.68. The molecule has 0 bridgehead atoms. The first-order valence-corrected chi connectivity index (χ1v) is 8.00. The maximum Gasteiger partial charge on any atom is 0.0320 e. The molecule has 1 heteroatoms. The van der Waals surface area contributed by atoms with Crippen molar-refractivity contribution in [2.24, 2.45) is 5.92 Å². The van der Waals surface area contributed by atoms with E-state index >= 15 is 0 Å². The third-order valence-corrected chi connectivity index (χ3v) is 4.44. The van der Waals surface area contributed by atoms with Gasteiger partial charge in [0.05, 0.1) is 0 Å². The molecule has 0 heterocycles. The van der Waals surface area contributed by atoms with Crippen molar-refractivity contribution in [3.8, 4) is 0 Å². The lowest BCUT2D eigenvalue weighted by Crippen LogP contribution is -2.21. The average Bonchev–Trinajstić information content (AvgIpc) is 2.86. The minimum Gasteiger partial charge on any atom is -0.310 e. The summed E-state index contributed by atoms with van der Waals surface area (Å²) in [7, 11) is 0. The third kappa shape index (κ3) is 4.35. The molecule has 1 aromatic carbocycles. The minimum absolute atomic E-state index is 0.546. The van der Waals surface area contributed by atoms with Gasteiger partial charge in [-0.3, -0.25) is 0 Å². The van der Waals surface area contributed by atoms with Gasteiger partial charge in [0.15, 0.2) is 0 Å². The Balaban J connectivity index is 2.00. The zero-order valence-corrected chi connectivity index (χ0v) is 12.8. The summed E-state index contributed by atoms with van der Waals surface area (Å²) in [6.07, 6.45) is 8.53. The Hall–Kier alpha value is -0.820. The van der Waals surface area contributed by atoms with Crippen LogP contribution in [0.25, 0.3) is 0 Å². The molecule has 19 heavy (non-hydrogen) atoms. The zero-order valence-electron chi connectivity index (χ0n) is 12.8. The number of hydrogen-bond donors (Lipinski definition) is 1. The van der Waals surface area contributed by atoms with Crippen molar-refractivity contribution in [2.45, 2.75) is 65.3 Å².